The summed E-state index contributed by atoms with van der Waals surface area (Å²) in [7, 11) is 0. The van der Waals surface area contributed by atoms with Gasteiger partial charge in [-0.1, -0.05) is 25.1 Å². The summed E-state index contributed by atoms with van der Waals surface area (Å²) in [4.78, 5) is 27.7. The summed E-state index contributed by atoms with van der Waals surface area (Å²) in [6.07, 6.45) is 1.74. The molecule has 1 aromatic rings. The molecule has 1 fully saturated rings. The van der Waals surface area contributed by atoms with Gasteiger partial charge in [-0.2, -0.15) is 0 Å². The lowest BCUT2D eigenvalue weighted by atomic mass is 10.1. The summed E-state index contributed by atoms with van der Waals surface area (Å²) >= 11 is 0. The molecule has 1 heterocycles. The fourth-order valence-corrected chi connectivity index (χ4v) is 2.97. The minimum Gasteiger partial charge on any atom is -0.493 e. The van der Waals surface area contributed by atoms with Gasteiger partial charge in [0.2, 0.25) is 5.91 Å². The topological polar surface area (TPSA) is 61.9 Å². The molecule has 1 unspecified atom stereocenters. The van der Waals surface area contributed by atoms with Gasteiger partial charge in [0.25, 0.3) is 0 Å². The Kier molecular flexibility index (Phi) is 7.10. The van der Waals surface area contributed by atoms with Crippen LogP contribution in [0.5, 0.6) is 5.75 Å². The number of urea groups is 1. The molecule has 0 aliphatic carbocycles. The molecule has 1 aliphatic rings. The van der Waals surface area contributed by atoms with E-state index in [4.69, 9.17) is 4.74 Å². The van der Waals surface area contributed by atoms with Crippen molar-refractivity contribution in [2.45, 2.75) is 39.7 Å². The van der Waals surface area contributed by atoms with Crippen molar-refractivity contribution in [3.05, 3.63) is 29.8 Å². The van der Waals surface area contributed by atoms with Gasteiger partial charge in [0.1, 0.15) is 5.75 Å². The Bertz CT molecular complexity index is 591. The van der Waals surface area contributed by atoms with Crippen molar-refractivity contribution in [1.29, 1.82) is 0 Å². The number of hydrogen-bond acceptors (Lipinski definition) is 3. The zero-order chi connectivity index (χ0) is 18.2. The van der Waals surface area contributed by atoms with Crippen LogP contribution in [0.15, 0.2) is 24.3 Å². The fourth-order valence-electron chi connectivity index (χ4n) is 2.97. The Morgan fingerprint density at radius 2 is 1.84 bits per heavy atom. The molecule has 0 radical (unpaired) electrons. The average molecular weight is 347 g/mol. The van der Waals surface area contributed by atoms with E-state index >= 15 is 0 Å². The van der Waals surface area contributed by atoms with Gasteiger partial charge >= 0.3 is 6.03 Å². The highest BCUT2D eigenvalue weighted by atomic mass is 16.5. The summed E-state index contributed by atoms with van der Waals surface area (Å²) in [6.45, 7) is 8.79. The van der Waals surface area contributed by atoms with E-state index < -0.39 is 0 Å². The molecule has 0 aromatic heterocycles. The first kappa shape index (κ1) is 19.1. The van der Waals surface area contributed by atoms with Gasteiger partial charge < -0.3 is 19.9 Å². The van der Waals surface area contributed by atoms with E-state index in [-0.39, 0.29) is 18.0 Å². The molecular weight excluding hydrogens is 318 g/mol. The monoisotopic (exact) mass is 347 g/mol. The van der Waals surface area contributed by atoms with Crippen LogP contribution in [-0.4, -0.2) is 54.5 Å². The summed E-state index contributed by atoms with van der Waals surface area (Å²) in [6, 6.07) is 7.57. The van der Waals surface area contributed by atoms with Gasteiger partial charge in [0.05, 0.1) is 12.6 Å². The first-order chi connectivity index (χ1) is 12.0. The molecule has 1 saturated heterocycles. The highest BCUT2D eigenvalue weighted by Gasteiger charge is 2.22. The molecule has 0 saturated carbocycles. The number of para-hydroxylation sites is 1. The van der Waals surface area contributed by atoms with Gasteiger partial charge in [-0.25, -0.2) is 4.79 Å². The summed E-state index contributed by atoms with van der Waals surface area (Å²) < 4.78 is 5.79. The Hall–Kier alpha value is -2.24. The van der Waals surface area contributed by atoms with Crippen LogP contribution in [0.25, 0.3) is 0 Å². The van der Waals surface area contributed by atoms with Crippen LogP contribution in [0.4, 0.5) is 4.79 Å². The molecule has 0 bridgehead atoms. The molecule has 1 atom stereocenters. The number of carbonyl (C=O) groups is 2. The van der Waals surface area contributed by atoms with Crippen LogP contribution >= 0.6 is 0 Å². The quantitative estimate of drug-likeness (QED) is 0.891. The molecule has 6 nitrogen and oxygen atoms in total. The third-order valence-corrected chi connectivity index (χ3v) is 4.42. The molecule has 25 heavy (non-hydrogen) atoms. The summed E-state index contributed by atoms with van der Waals surface area (Å²) in [5.41, 5.74) is 0.976. The van der Waals surface area contributed by atoms with Crippen molar-refractivity contribution in [2.24, 2.45) is 0 Å². The van der Waals surface area contributed by atoms with Crippen LogP contribution in [0.3, 0.4) is 0 Å². The van der Waals surface area contributed by atoms with Gasteiger partial charge in [-0.15, -0.1) is 0 Å². The number of benzene rings is 1. The van der Waals surface area contributed by atoms with Crippen LogP contribution < -0.4 is 10.1 Å². The summed E-state index contributed by atoms with van der Waals surface area (Å²) in [5, 5.41) is 3.06. The molecule has 138 valence electrons. The molecule has 2 rings (SSSR count). The van der Waals surface area contributed by atoms with Crippen molar-refractivity contribution in [3.63, 3.8) is 0 Å². The lowest BCUT2D eigenvalue weighted by molar-refractivity contribution is -0.128. The van der Waals surface area contributed by atoms with Crippen LogP contribution in [0, 0.1) is 0 Å². The van der Waals surface area contributed by atoms with E-state index in [1.165, 1.54) is 0 Å². The molecule has 6 heteroatoms. The van der Waals surface area contributed by atoms with E-state index in [0.29, 0.717) is 32.8 Å². The Labute approximate surface area is 150 Å². The SMILES string of the molecule is CCCOc1ccccc1C(C)NC(=O)N1CCCN(C(C)=O)CC1. The van der Waals surface area contributed by atoms with Crippen molar-refractivity contribution < 1.29 is 14.3 Å². The Balaban J connectivity index is 1.97. The van der Waals surface area contributed by atoms with Crippen molar-refractivity contribution in [1.82, 2.24) is 15.1 Å². The van der Waals surface area contributed by atoms with E-state index in [0.717, 1.165) is 24.2 Å². The van der Waals surface area contributed by atoms with Gasteiger partial charge in [-0.05, 0) is 25.8 Å². The molecule has 0 spiro atoms. The Morgan fingerprint density at radius 1 is 1.16 bits per heavy atom. The minimum absolute atomic E-state index is 0.0672. The highest BCUT2D eigenvalue weighted by Crippen LogP contribution is 2.25. The maximum atomic E-state index is 12.6. The van der Waals surface area contributed by atoms with Crippen LogP contribution in [0.1, 0.15) is 45.2 Å². The average Bonchev–Trinajstić information content (AvgIpc) is 2.86. The van der Waals surface area contributed by atoms with Gasteiger partial charge in [-0.3, -0.25) is 4.79 Å². The molecule has 3 amide bonds. The second-order valence-corrected chi connectivity index (χ2v) is 6.40. The number of nitrogens with one attached hydrogen (secondary N) is 1. The van der Waals surface area contributed by atoms with Crippen molar-refractivity contribution in [2.75, 3.05) is 32.8 Å². The van der Waals surface area contributed by atoms with E-state index in [1.807, 2.05) is 31.2 Å². The van der Waals surface area contributed by atoms with E-state index in [9.17, 15) is 9.59 Å². The van der Waals surface area contributed by atoms with Crippen molar-refractivity contribution in [3.8, 4) is 5.75 Å². The van der Waals surface area contributed by atoms with Crippen molar-refractivity contribution >= 4 is 11.9 Å². The van der Waals surface area contributed by atoms with E-state index in [1.54, 1.807) is 16.7 Å². The van der Waals surface area contributed by atoms with Gasteiger partial charge in [0, 0.05) is 38.7 Å². The standard InChI is InChI=1S/C19H29N3O3/c1-4-14-25-18-9-6-5-8-17(18)15(2)20-19(24)22-11-7-10-21(12-13-22)16(3)23/h5-6,8-9,15H,4,7,10-14H2,1-3H3,(H,20,24). The second-order valence-electron chi connectivity index (χ2n) is 6.40. The number of nitrogens with zero attached hydrogens (tertiary/aromatic N) is 2. The first-order valence-electron chi connectivity index (χ1n) is 9.05. The predicted octanol–water partition coefficient (Wildman–Crippen LogP) is 2.80. The lowest BCUT2D eigenvalue weighted by Gasteiger charge is -2.25. The second kappa shape index (κ2) is 9.30. The minimum atomic E-state index is -0.146. The smallest absolute Gasteiger partial charge is 0.317 e. The lowest BCUT2D eigenvalue weighted by Crippen LogP contribution is -2.43. The zero-order valence-electron chi connectivity index (χ0n) is 15.5. The maximum Gasteiger partial charge on any atom is 0.317 e. The maximum absolute atomic E-state index is 12.6. The number of carbonyl (C=O) groups excluding carboxylic acids is 2. The molecule has 1 aromatic carbocycles. The predicted molar refractivity (Wildman–Crippen MR) is 97.6 cm³/mol. The molecular formula is C19H29N3O3. The Morgan fingerprint density at radius 3 is 2.56 bits per heavy atom. The zero-order valence-corrected chi connectivity index (χ0v) is 15.5. The molecule has 1 aliphatic heterocycles. The number of ether oxygens (including phenoxy) is 1. The van der Waals surface area contributed by atoms with Crippen LogP contribution in [-0.2, 0) is 4.79 Å². The largest absolute Gasteiger partial charge is 0.493 e. The van der Waals surface area contributed by atoms with Crippen LogP contribution in [0.2, 0.25) is 0 Å². The molecule has 1 N–H and O–H groups in total. The highest BCUT2D eigenvalue weighted by molar-refractivity contribution is 5.76. The normalized spacial score (nSPS) is 16.1. The third kappa shape index (κ3) is 5.37. The number of rotatable bonds is 5. The summed E-state index contributed by atoms with van der Waals surface area (Å²) in [5.74, 6) is 0.883. The van der Waals surface area contributed by atoms with Gasteiger partial charge in [0.15, 0.2) is 0 Å². The third-order valence-electron chi connectivity index (χ3n) is 4.42. The van der Waals surface area contributed by atoms with E-state index in [2.05, 4.69) is 12.2 Å². The number of amides is 3. The number of hydrogen-bond donors (Lipinski definition) is 1. The fraction of sp³-hybridized carbons (Fsp3) is 0.579. The first-order valence-corrected chi connectivity index (χ1v) is 9.05.